The first-order chi connectivity index (χ1) is 10.0. The van der Waals surface area contributed by atoms with Crippen LogP contribution in [0.4, 0.5) is 10.7 Å². The van der Waals surface area contributed by atoms with Crippen molar-refractivity contribution >= 4 is 33.7 Å². The highest BCUT2D eigenvalue weighted by molar-refractivity contribution is 7.14. The lowest BCUT2D eigenvalue weighted by Crippen LogP contribution is -2.22. The summed E-state index contributed by atoms with van der Waals surface area (Å²) < 4.78 is 0. The Balaban J connectivity index is 2.40. The molecule has 2 aromatic rings. The summed E-state index contributed by atoms with van der Waals surface area (Å²) in [7, 11) is 0. The van der Waals surface area contributed by atoms with Crippen molar-refractivity contribution in [1.29, 1.82) is 0 Å². The number of carbonyl (C=O) groups is 2. The molecule has 0 saturated carbocycles. The van der Waals surface area contributed by atoms with Crippen molar-refractivity contribution in [2.75, 3.05) is 11.9 Å². The minimum Gasteiger partial charge on any atom is -0.322 e. The number of ketones is 1. The Morgan fingerprint density at radius 2 is 1.95 bits per heavy atom. The number of nitrogens with zero attached hydrogens (tertiary/aromatic N) is 1. The molecule has 0 unspecified atom stereocenters. The van der Waals surface area contributed by atoms with E-state index in [1.165, 1.54) is 24.3 Å². The van der Waals surface area contributed by atoms with E-state index >= 15 is 0 Å². The van der Waals surface area contributed by atoms with Gasteiger partial charge in [-0.2, -0.15) is 0 Å². The molecule has 1 amide bonds. The van der Waals surface area contributed by atoms with Gasteiger partial charge in [0.15, 0.2) is 0 Å². The van der Waals surface area contributed by atoms with Crippen LogP contribution in [0.1, 0.15) is 15.9 Å². The standard InChI is InChI=1S/C13H11N3O4S/c14-7-11(17)15-13-9(5-6-21-13)12(18)8-3-1-2-4-10(8)16(19)20/h1-6H,7,14H2,(H,15,17). The van der Waals surface area contributed by atoms with Gasteiger partial charge in [-0.25, -0.2) is 0 Å². The first-order valence-corrected chi connectivity index (χ1v) is 6.78. The SMILES string of the molecule is NCC(=O)Nc1sccc1C(=O)c1ccccc1[N+](=O)[O-]. The van der Waals surface area contributed by atoms with Gasteiger partial charge in [-0.1, -0.05) is 12.1 Å². The normalized spacial score (nSPS) is 10.1. The van der Waals surface area contributed by atoms with Gasteiger partial charge in [-0.05, 0) is 17.5 Å². The number of hydrogen-bond donors (Lipinski definition) is 2. The van der Waals surface area contributed by atoms with Crippen molar-refractivity contribution < 1.29 is 14.5 Å². The van der Waals surface area contributed by atoms with Crippen molar-refractivity contribution in [2.24, 2.45) is 5.73 Å². The fourth-order valence-electron chi connectivity index (χ4n) is 1.73. The number of nitrogens with two attached hydrogens (primary N) is 1. The molecule has 3 N–H and O–H groups in total. The first-order valence-electron chi connectivity index (χ1n) is 5.90. The second-order valence-electron chi connectivity index (χ2n) is 4.02. The average molecular weight is 305 g/mol. The number of nitrogens with one attached hydrogen (secondary N) is 1. The molecule has 0 bridgehead atoms. The van der Waals surface area contributed by atoms with Crippen LogP contribution in [0.5, 0.6) is 0 Å². The summed E-state index contributed by atoms with van der Waals surface area (Å²) in [4.78, 5) is 34.1. The first kappa shape index (κ1) is 14.8. The van der Waals surface area contributed by atoms with Gasteiger partial charge in [0.2, 0.25) is 11.7 Å². The summed E-state index contributed by atoms with van der Waals surface area (Å²) in [5.41, 5.74) is 5.12. The van der Waals surface area contributed by atoms with Crippen LogP contribution in [0, 0.1) is 10.1 Å². The fraction of sp³-hybridized carbons (Fsp3) is 0.0769. The highest BCUT2D eigenvalue weighted by atomic mass is 32.1. The summed E-state index contributed by atoms with van der Waals surface area (Å²) in [5.74, 6) is -0.954. The van der Waals surface area contributed by atoms with Gasteiger partial charge in [0.25, 0.3) is 5.69 Å². The van der Waals surface area contributed by atoms with E-state index in [-0.39, 0.29) is 23.4 Å². The van der Waals surface area contributed by atoms with E-state index in [0.717, 1.165) is 11.3 Å². The Morgan fingerprint density at radius 3 is 2.62 bits per heavy atom. The van der Waals surface area contributed by atoms with Crippen molar-refractivity contribution in [3.63, 3.8) is 0 Å². The number of carbonyl (C=O) groups excluding carboxylic acids is 2. The van der Waals surface area contributed by atoms with Crippen LogP contribution in [0.25, 0.3) is 0 Å². The molecule has 1 heterocycles. The smallest absolute Gasteiger partial charge is 0.280 e. The van der Waals surface area contributed by atoms with E-state index < -0.39 is 16.6 Å². The van der Waals surface area contributed by atoms with E-state index in [0.29, 0.717) is 5.00 Å². The van der Waals surface area contributed by atoms with Crippen molar-refractivity contribution in [1.82, 2.24) is 0 Å². The van der Waals surface area contributed by atoms with Gasteiger partial charge in [0, 0.05) is 6.07 Å². The van der Waals surface area contributed by atoms with Crippen molar-refractivity contribution in [2.45, 2.75) is 0 Å². The molecule has 1 aromatic heterocycles. The van der Waals surface area contributed by atoms with E-state index in [4.69, 9.17) is 5.73 Å². The highest BCUT2D eigenvalue weighted by Crippen LogP contribution is 2.28. The van der Waals surface area contributed by atoms with Crippen molar-refractivity contribution in [3.05, 3.63) is 57.0 Å². The Hall–Kier alpha value is -2.58. The zero-order valence-corrected chi connectivity index (χ0v) is 11.6. The molecule has 0 aliphatic heterocycles. The molecule has 0 aliphatic rings. The van der Waals surface area contributed by atoms with Crippen molar-refractivity contribution in [3.8, 4) is 0 Å². The molecule has 0 saturated heterocycles. The van der Waals surface area contributed by atoms with Gasteiger partial charge in [0.1, 0.15) is 10.6 Å². The summed E-state index contributed by atoms with van der Waals surface area (Å²) in [6, 6.07) is 7.19. The molecule has 0 spiro atoms. The molecule has 7 nitrogen and oxygen atoms in total. The maximum atomic E-state index is 12.4. The molecule has 1 aromatic carbocycles. The van der Waals surface area contributed by atoms with E-state index in [2.05, 4.69) is 5.32 Å². The molecular formula is C13H11N3O4S. The summed E-state index contributed by atoms with van der Waals surface area (Å²) in [6.07, 6.45) is 0. The van der Waals surface area contributed by atoms with E-state index in [1.807, 2.05) is 0 Å². The number of rotatable bonds is 5. The number of thiophene rings is 1. The lowest BCUT2D eigenvalue weighted by molar-refractivity contribution is -0.385. The predicted octanol–water partition coefficient (Wildman–Crippen LogP) is 1.78. The third-order valence-electron chi connectivity index (χ3n) is 2.69. The topological polar surface area (TPSA) is 115 Å². The van der Waals surface area contributed by atoms with Crippen LogP contribution >= 0.6 is 11.3 Å². The number of anilines is 1. The number of para-hydroxylation sites is 1. The number of nitro benzene ring substituents is 1. The zero-order valence-electron chi connectivity index (χ0n) is 10.7. The molecule has 0 aliphatic carbocycles. The quantitative estimate of drug-likeness (QED) is 0.496. The van der Waals surface area contributed by atoms with Crippen LogP contribution in [0.2, 0.25) is 0 Å². The third kappa shape index (κ3) is 3.12. The molecule has 108 valence electrons. The number of nitro groups is 1. The molecule has 0 fully saturated rings. The largest absolute Gasteiger partial charge is 0.322 e. The molecule has 8 heteroatoms. The molecule has 2 rings (SSSR count). The van der Waals surface area contributed by atoms with Gasteiger partial charge in [-0.3, -0.25) is 19.7 Å². The molecule has 0 radical (unpaired) electrons. The van der Waals surface area contributed by atoms with Crippen LogP contribution in [0.15, 0.2) is 35.7 Å². The second-order valence-corrected chi connectivity index (χ2v) is 4.94. The fourth-order valence-corrected chi connectivity index (χ4v) is 2.53. The van der Waals surface area contributed by atoms with Crippen LogP contribution in [0.3, 0.4) is 0 Å². The van der Waals surface area contributed by atoms with Gasteiger partial charge >= 0.3 is 0 Å². The number of amides is 1. The lowest BCUT2D eigenvalue weighted by atomic mass is 10.0. The van der Waals surface area contributed by atoms with Crippen LogP contribution in [-0.2, 0) is 4.79 Å². The third-order valence-corrected chi connectivity index (χ3v) is 3.52. The van der Waals surface area contributed by atoms with Gasteiger partial charge in [0.05, 0.1) is 17.0 Å². The highest BCUT2D eigenvalue weighted by Gasteiger charge is 2.23. The van der Waals surface area contributed by atoms with E-state index in [9.17, 15) is 19.7 Å². The van der Waals surface area contributed by atoms with Crippen LogP contribution in [-0.4, -0.2) is 23.2 Å². The molecular weight excluding hydrogens is 294 g/mol. The van der Waals surface area contributed by atoms with Gasteiger partial charge in [-0.15, -0.1) is 11.3 Å². The monoisotopic (exact) mass is 305 g/mol. The maximum Gasteiger partial charge on any atom is 0.280 e. The van der Waals surface area contributed by atoms with Crippen LogP contribution < -0.4 is 11.1 Å². The Kier molecular flexibility index (Phi) is 4.41. The van der Waals surface area contributed by atoms with E-state index in [1.54, 1.807) is 11.4 Å². The van der Waals surface area contributed by atoms with Gasteiger partial charge < -0.3 is 11.1 Å². The zero-order chi connectivity index (χ0) is 15.4. The number of benzene rings is 1. The summed E-state index contributed by atoms with van der Waals surface area (Å²) >= 11 is 1.15. The molecule has 0 atom stereocenters. The second kappa shape index (κ2) is 6.25. The maximum absolute atomic E-state index is 12.4. The minimum atomic E-state index is -0.613. The molecule has 21 heavy (non-hydrogen) atoms. The lowest BCUT2D eigenvalue weighted by Gasteiger charge is -2.05. The number of hydrogen-bond acceptors (Lipinski definition) is 6. The Labute approximate surface area is 123 Å². The summed E-state index contributed by atoms with van der Waals surface area (Å²) in [6.45, 7) is -0.211. The Bertz CT molecular complexity index is 711. The summed E-state index contributed by atoms with van der Waals surface area (Å²) in [5, 5.41) is 15.4. The minimum absolute atomic E-state index is 0.0239. The average Bonchev–Trinajstić information content (AvgIpc) is 2.94. The predicted molar refractivity (Wildman–Crippen MR) is 78.5 cm³/mol. The Morgan fingerprint density at radius 1 is 1.24 bits per heavy atom.